The first kappa shape index (κ1) is 6.75. The number of hydrogen-bond acceptors (Lipinski definition) is 2. The number of carbonyl (C=O) groups excluding carboxylic acids is 1. The molecule has 1 rings (SSSR count). The molecule has 9 heavy (non-hydrogen) atoms. The predicted molar refractivity (Wildman–Crippen MR) is 33.7 cm³/mol. The highest BCUT2D eigenvalue weighted by Gasteiger charge is 2.22. The van der Waals surface area contributed by atoms with Crippen LogP contribution in [-0.2, 0) is 4.79 Å². The topological polar surface area (TPSA) is 37.3 Å². The number of aliphatic hydroxyl groups is 1. The summed E-state index contributed by atoms with van der Waals surface area (Å²) in [4.78, 5) is 10.1. The molecule has 1 saturated carbocycles. The highest BCUT2D eigenvalue weighted by atomic mass is 16.3. The van der Waals surface area contributed by atoms with Gasteiger partial charge in [-0.3, -0.25) is 4.79 Å². The zero-order valence-electron chi connectivity index (χ0n) is 5.34. The normalized spacial score (nSPS) is 36.1. The van der Waals surface area contributed by atoms with Gasteiger partial charge in [0, 0.05) is 0 Å². The van der Waals surface area contributed by atoms with Gasteiger partial charge in [0.2, 0.25) is 6.29 Å². The molecule has 0 aliphatic heterocycles. The third-order valence-corrected chi connectivity index (χ3v) is 1.88. The number of aliphatic hydroxyl groups excluding tert-OH is 1. The minimum absolute atomic E-state index is 0.196. The summed E-state index contributed by atoms with van der Waals surface area (Å²) in [6, 6.07) is 0. The van der Waals surface area contributed by atoms with Gasteiger partial charge in [0.25, 0.3) is 0 Å². The molecular weight excluding hydrogens is 116 g/mol. The molecule has 0 aromatic carbocycles. The van der Waals surface area contributed by atoms with Crippen LogP contribution in [0.5, 0.6) is 0 Å². The largest absolute Gasteiger partial charge is 0.392 e. The van der Waals surface area contributed by atoms with E-state index in [0.29, 0.717) is 0 Å². The summed E-state index contributed by atoms with van der Waals surface area (Å²) in [6.07, 6.45) is 5.17. The van der Waals surface area contributed by atoms with E-state index in [9.17, 15) is 4.79 Å². The third-order valence-electron chi connectivity index (χ3n) is 1.88. The van der Waals surface area contributed by atoms with E-state index in [1.165, 1.54) is 0 Å². The van der Waals surface area contributed by atoms with Gasteiger partial charge in [0.15, 0.2) is 0 Å². The Morgan fingerprint density at radius 2 is 2.00 bits per heavy atom. The maximum Gasteiger partial charge on any atom is 0.204 e. The minimum atomic E-state index is -0.406. The van der Waals surface area contributed by atoms with E-state index >= 15 is 0 Å². The van der Waals surface area contributed by atoms with E-state index < -0.39 is 6.10 Å². The molecule has 0 heterocycles. The van der Waals surface area contributed by atoms with E-state index in [1.807, 2.05) is 6.29 Å². The molecule has 51 valence electrons. The van der Waals surface area contributed by atoms with E-state index in [-0.39, 0.29) is 5.92 Å². The lowest BCUT2D eigenvalue weighted by Crippen LogP contribution is -2.25. The van der Waals surface area contributed by atoms with Crippen molar-refractivity contribution in [3.63, 3.8) is 0 Å². The second-order valence-corrected chi connectivity index (χ2v) is 2.58. The van der Waals surface area contributed by atoms with Gasteiger partial charge in [-0.05, 0) is 12.8 Å². The van der Waals surface area contributed by atoms with Crippen molar-refractivity contribution in [1.29, 1.82) is 0 Å². The molecule has 0 spiro atoms. The zero-order chi connectivity index (χ0) is 6.69. The van der Waals surface area contributed by atoms with Crippen molar-refractivity contribution >= 4 is 6.29 Å². The highest BCUT2D eigenvalue weighted by molar-refractivity contribution is 5.55. The standard InChI is InChI=1S/C7H11O2/c8-5-6-3-1-2-4-7(6)9/h6-7,9H,1-4H2. The van der Waals surface area contributed by atoms with Crippen molar-refractivity contribution in [3.05, 3.63) is 0 Å². The van der Waals surface area contributed by atoms with Crippen molar-refractivity contribution < 1.29 is 9.90 Å². The highest BCUT2D eigenvalue weighted by Crippen LogP contribution is 2.21. The lowest BCUT2D eigenvalue weighted by atomic mass is 9.88. The van der Waals surface area contributed by atoms with E-state index in [0.717, 1.165) is 25.7 Å². The van der Waals surface area contributed by atoms with Gasteiger partial charge in [-0.1, -0.05) is 12.8 Å². The van der Waals surface area contributed by atoms with Crippen LogP contribution < -0.4 is 0 Å². The lowest BCUT2D eigenvalue weighted by molar-refractivity contribution is 0.0998. The first-order valence-electron chi connectivity index (χ1n) is 3.40. The van der Waals surface area contributed by atoms with Gasteiger partial charge in [-0.15, -0.1) is 0 Å². The summed E-state index contributed by atoms with van der Waals surface area (Å²) in [5.41, 5.74) is 0. The van der Waals surface area contributed by atoms with Gasteiger partial charge in [0.05, 0.1) is 12.0 Å². The quantitative estimate of drug-likeness (QED) is 0.561. The van der Waals surface area contributed by atoms with Crippen molar-refractivity contribution in [2.45, 2.75) is 31.8 Å². The Morgan fingerprint density at radius 3 is 2.44 bits per heavy atom. The molecule has 2 heteroatoms. The number of rotatable bonds is 1. The van der Waals surface area contributed by atoms with Gasteiger partial charge in [0.1, 0.15) is 0 Å². The van der Waals surface area contributed by atoms with Crippen molar-refractivity contribution in [2.75, 3.05) is 0 Å². The predicted octanol–water partition coefficient (Wildman–Crippen LogP) is 0.647. The monoisotopic (exact) mass is 127 g/mol. The summed E-state index contributed by atoms with van der Waals surface area (Å²) in [5, 5.41) is 9.11. The Balaban J connectivity index is 2.38. The third kappa shape index (κ3) is 1.52. The molecule has 2 unspecified atom stereocenters. The first-order valence-corrected chi connectivity index (χ1v) is 3.40. The maximum atomic E-state index is 10.1. The average molecular weight is 127 g/mol. The second-order valence-electron chi connectivity index (χ2n) is 2.58. The zero-order valence-corrected chi connectivity index (χ0v) is 5.34. The molecule has 0 saturated heterocycles. The molecule has 1 aliphatic carbocycles. The summed E-state index contributed by atoms with van der Waals surface area (Å²) in [6.45, 7) is 0. The van der Waals surface area contributed by atoms with Crippen LogP contribution in [0.4, 0.5) is 0 Å². The van der Waals surface area contributed by atoms with E-state index in [4.69, 9.17) is 5.11 Å². The summed E-state index contributed by atoms with van der Waals surface area (Å²) >= 11 is 0. The number of hydrogen-bond donors (Lipinski definition) is 1. The molecule has 0 amide bonds. The molecule has 1 aliphatic rings. The molecule has 0 aromatic rings. The summed E-state index contributed by atoms with van der Waals surface area (Å²) in [7, 11) is 0. The van der Waals surface area contributed by atoms with Crippen LogP contribution >= 0.6 is 0 Å². The van der Waals surface area contributed by atoms with Crippen LogP contribution in [0.3, 0.4) is 0 Å². The van der Waals surface area contributed by atoms with Crippen molar-refractivity contribution in [2.24, 2.45) is 5.92 Å². The minimum Gasteiger partial charge on any atom is -0.392 e. The summed E-state index contributed by atoms with van der Waals surface area (Å²) in [5.74, 6) is -0.196. The molecule has 1 fully saturated rings. The second kappa shape index (κ2) is 2.97. The average Bonchev–Trinajstić information content (AvgIpc) is 1.89. The fourth-order valence-electron chi connectivity index (χ4n) is 1.25. The molecule has 1 N–H and O–H groups in total. The lowest BCUT2D eigenvalue weighted by Gasteiger charge is -2.21. The Kier molecular flexibility index (Phi) is 2.22. The first-order chi connectivity index (χ1) is 4.34. The van der Waals surface area contributed by atoms with Crippen LogP contribution in [0.2, 0.25) is 0 Å². The Bertz CT molecular complexity index is 101. The molecule has 2 atom stereocenters. The van der Waals surface area contributed by atoms with Crippen LogP contribution in [0.25, 0.3) is 0 Å². The smallest absolute Gasteiger partial charge is 0.204 e. The van der Waals surface area contributed by atoms with E-state index in [2.05, 4.69) is 0 Å². The van der Waals surface area contributed by atoms with Gasteiger partial charge < -0.3 is 5.11 Å². The van der Waals surface area contributed by atoms with Crippen LogP contribution in [0, 0.1) is 5.92 Å². The van der Waals surface area contributed by atoms with E-state index in [1.54, 1.807) is 0 Å². The fourth-order valence-corrected chi connectivity index (χ4v) is 1.25. The van der Waals surface area contributed by atoms with Crippen LogP contribution in [-0.4, -0.2) is 17.5 Å². The van der Waals surface area contributed by atoms with Crippen LogP contribution in [0.15, 0.2) is 0 Å². The van der Waals surface area contributed by atoms with Crippen molar-refractivity contribution in [3.8, 4) is 0 Å². The van der Waals surface area contributed by atoms with Crippen molar-refractivity contribution in [1.82, 2.24) is 0 Å². The van der Waals surface area contributed by atoms with Gasteiger partial charge >= 0.3 is 0 Å². The molecular formula is C7H11O2. The molecule has 0 bridgehead atoms. The molecule has 2 nitrogen and oxygen atoms in total. The van der Waals surface area contributed by atoms with Crippen LogP contribution in [0.1, 0.15) is 25.7 Å². The maximum absolute atomic E-state index is 10.1. The Labute approximate surface area is 54.9 Å². The molecule has 0 aromatic heterocycles. The SMILES string of the molecule is O=[C]C1CCCCC1O. The Hall–Kier alpha value is -0.370. The fraction of sp³-hybridized carbons (Fsp3) is 0.857. The van der Waals surface area contributed by atoms with Gasteiger partial charge in [-0.2, -0.15) is 0 Å². The Morgan fingerprint density at radius 1 is 1.33 bits per heavy atom. The molecule has 1 radical (unpaired) electrons. The summed E-state index contributed by atoms with van der Waals surface area (Å²) < 4.78 is 0. The van der Waals surface area contributed by atoms with Gasteiger partial charge in [-0.25, -0.2) is 0 Å².